The summed E-state index contributed by atoms with van der Waals surface area (Å²) >= 11 is 0. The highest BCUT2D eigenvalue weighted by atomic mass is 19.1. The van der Waals surface area contributed by atoms with Crippen molar-refractivity contribution in [2.24, 2.45) is 0 Å². The highest BCUT2D eigenvalue weighted by Crippen LogP contribution is 2.40. The summed E-state index contributed by atoms with van der Waals surface area (Å²) in [7, 11) is 0. The number of aromatic nitrogens is 2. The van der Waals surface area contributed by atoms with Gasteiger partial charge in [0.1, 0.15) is 17.3 Å². The van der Waals surface area contributed by atoms with Crippen molar-refractivity contribution in [3.05, 3.63) is 89.8 Å². The summed E-state index contributed by atoms with van der Waals surface area (Å²) in [5.41, 5.74) is 0.932. The molecule has 1 N–H and O–H groups in total. The Kier molecular flexibility index (Phi) is 7.06. The normalized spacial score (nSPS) is 17.4. The molecular weight excluding hydrogens is 437 g/mol. The van der Waals surface area contributed by atoms with Gasteiger partial charge in [-0.25, -0.2) is 9.37 Å². The van der Waals surface area contributed by atoms with Crippen LogP contribution in [-0.2, 0) is 16.1 Å². The van der Waals surface area contributed by atoms with Crippen LogP contribution in [0.15, 0.2) is 72.8 Å². The molecule has 1 aliphatic rings. The van der Waals surface area contributed by atoms with E-state index >= 15 is 0 Å². The molecule has 34 heavy (non-hydrogen) atoms. The summed E-state index contributed by atoms with van der Waals surface area (Å²) in [5.74, 6) is -1.55. The lowest BCUT2D eigenvalue weighted by atomic mass is 9.95. The number of hydrogen-bond donors (Lipinski definition) is 1. The van der Waals surface area contributed by atoms with Gasteiger partial charge in [0.25, 0.3) is 11.7 Å². The van der Waals surface area contributed by atoms with Crippen molar-refractivity contribution >= 4 is 17.4 Å². The maximum absolute atomic E-state index is 13.4. The van der Waals surface area contributed by atoms with Gasteiger partial charge < -0.3 is 19.3 Å². The molecule has 1 fully saturated rings. The fourth-order valence-electron chi connectivity index (χ4n) is 4.03. The van der Waals surface area contributed by atoms with E-state index in [9.17, 15) is 19.1 Å². The van der Waals surface area contributed by atoms with Crippen LogP contribution in [0.3, 0.4) is 0 Å². The van der Waals surface area contributed by atoms with Crippen LogP contribution < -0.4 is 4.74 Å². The van der Waals surface area contributed by atoms with E-state index in [0.29, 0.717) is 37.4 Å². The second-order valence-electron chi connectivity index (χ2n) is 8.07. The number of ketones is 1. The molecule has 2 heterocycles. The monoisotopic (exact) mass is 463 g/mol. The number of benzene rings is 2. The molecular formula is C26H26FN3O4. The lowest BCUT2D eigenvalue weighted by Gasteiger charge is -2.25. The molecule has 1 atom stereocenters. The van der Waals surface area contributed by atoms with Gasteiger partial charge in [0, 0.05) is 31.0 Å². The topological polar surface area (TPSA) is 84.7 Å². The van der Waals surface area contributed by atoms with Gasteiger partial charge >= 0.3 is 0 Å². The van der Waals surface area contributed by atoms with Crippen LogP contribution in [-0.4, -0.2) is 44.4 Å². The second-order valence-corrected chi connectivity index (χ2v) is 8.07. The van der Waals surface area contributed by atoms with Gasteiger partial charge in [0.15, 0.2) is 0 Å². The first-order valence-corrected chi connectivity index (χ1v) is 11.2. The molecule has 1 amide bonds. The SMILES string of the molecule is CCCOc1ccc([C@H]2/C(=C(\O)c3ccc(F)cc3)C(=O)C(=O)N2CCCn2ccnc2)cc1. The van der Waals surface area contributed by atoms with Crippen molar-refractivity contribution in [1.29, 1.82) is 0 Å². The number of halogens is 1. The van der Waals surface area contributed by atoms with E-state index in [1.165, 1.54) is 29.2 Å². The first-order chi connectivity index (χ1) is 16.5. The maximum atomic E-state index is 13.4. The van der Waals surface area contributed by atoms with Gasteiger partial charge in [-0.05, 0) is 54.8 Å². The van der Waals surface area contributed by atoms with Gasteiger partial charge in [-0.15, -0.1) is 0 Å². The minimum Gasteiger partial charge on any atom is -0.507 e. The van der Waals surface area contributed by atoms with E-state index in [1.807, 2.05) is 17.7 Å². The third-order valence-corrected chi connectivity index (χ3v) is 5.70. The number of aryl methyl sites for hydroxylation is 1. The first-order valence-electron chi connectivity index (χ1n) is 11.2. The Labute approximate surface area is 197 Å². The number of nitrogens with zero attached hydrogens (tertiary/aromatic N) is 3. The number of ether oxygens (including phenoxy) is 1. The Morgan fingerprint density at radius 3 is 2.47 bits per heavy atom. The number of hydrogen-bond acceptors (Lipinski definition) is 5. The molecule has 1 aromatic heterocycles. The van der Waals surface area contributed by atoms with Crippen LogP contribution >= 0.6 is 0 Å². The van der Waals surface area contributed by atoms with Crippen molar-refractivity contribution in [3.63, 3.8) is 0 Å². The van der Waals surface area contributed by atoms with E-state index < -0.39 is 23.5 Å². The summed E-state index contributed by atoms with van der Waals surface area (Å²) in [5, 5.41) is 11.0. The molecule has 8 heteroatoms. The quantitative estimate of drug-likeness (QED) is 0.290. The molecule has 0 unspecified atom stereocenters. The maximum Gasteiger partial charge on any atom is 0.295 e. The lowest BCUT2D eigenvalue weighted by molar-refractivity contribution is -0.139. The van der Waals surface area contributed by atoms with Gasteiger partial charge in [0.05, 0.1) is 24.5 Å². The fourth-order valence-corrected chi connectivity index (χ4v) is 4.03. The highest BCUT2D eigenvalue weighted by molar-refractivity contribution is 6.46. The molecule has 0 aliphatic carbocycles. The summed E-state index contributed by atoms with van der Waals surface area (Å²) in [6.45, 7) is 3.52. The number of aliphatic hydroxyl groups excluding tert-OH is 1. The lowest BCUT2D eigenvalue weighted by Crippen LogP contribution is -2.31. The van der Waals surface area contributed by atoms with Gasteiger partial charge in [-0.2, -0.15) is 0 Å². The van der Waals surface area contributed by atoms with E-state index in [4.69, 9.17) is 4.74 Å². The van der Waals surface area contributed by atoms with Crippen LogP contribution in [0.25, 0.3) is 5.76 Å². The molecule has 0 saturated carbocycles. The Morgan fingerprint density at radius 2 is 1.82 bits per heavy atom. The number of imidazole rings is 1. The number of rotatable bonds is 9. The Balaban J connectivity index is 1.69. The third-order valence-electron chi connectivity index (χ3n) is 5.70. The van der Waals surface area contributed by atoms with Crippen molar-refractivity contribution in [2.75, 3.05) is 13.2 Å². The Morgan fingerprint density at radius 1 is 1.09 bits per heavy atom. The first kappa shape index (κ1) is 23.2. The van der Waals surface area contributed by atoms with Crippen LogP contribution in [0.1, 0.15) is 36.9 Å². The number of Topliss-reactive ketones (excluding diaryl/α,β-unsaturated/α-hetero) is 1. The van der Waals surface area contributed by atoms with Gasteiger partial charge in [-0.1, -0.05) is 19.1 Å². The van der Waals surface area contributed by atoms with Crippen LogP contribution in [0.4, 0.5) is 4.39 Å². The molecule has 0 bridgehead atoms. The highest BCUT2D eigenvalue weighted by Gasteiger charge is 2.45. The zero-order valence-corrected chi connectivity index (χ0v) is 18.9. The van der Waals surface area contributed by atoms with Crippen LogP contribution in [0.5, 0.6) is 5.75 Å². The average molecular weight is 464 g/mol. The van der Waals surface area contributed by atoms with Crippen molar-refractivity contribution in [3.8, 4) is 5.75 Å². The molecule has 176 valence electrons. The Hall–Kier alpha value is -3.94. The molecule has 1 saturated heterocycles. The molecule has 0 radical (unpaired) electrons. The predicted octanol–water partition coefficient (Wildman–Crippen LogP) is 4.32. The number of carbonyl (C=O) groups excluding carboxylic acids is 2. The second kappa shape index (κ2) is 10.3. The average Bonchev–Trinajstić information content (AvgIpc) is 3.45. The minimum atomic E-state index is -0.770. The number of amides is 1. The standard InChI is InChI=1S/C26H26FN3O4/c1-2-16-34-21-10-6-18(7-11-21)23-22(24(31)19-4-8-20(27)9-5-19)25(32)26(33)30(23)14-3-13-29-15-12-28-17-29/h4-12,15,17,23,31H,2-3,13-14,16H2,1H3/b24-22+/t23-/m0/s1. The largest absolute Gasteiger partial charge is 0.507 e. The molecule has 2 aromatic carbocycles. The summed E-state index contributed by atoms with van der Waals surface area (Å²) < 4.78 is 20.9. The zero-order valence-electron chi connectivity index (χ0n) is 18.9. The predicted molar refractivity (Wildman–Crippen MR) is 124 cm³/mol. The summed E-state index contributed by atoms with van der Waals surface area (Å²) in [6, 6.07) is 11.6. The van der Waals surface area contributed by atoms with E-state index in [1.54, 1.807) is 36.8 Å². The van der Waals surface area contributed by atoms with E-state index in [-0.39, 0.29) is 16.9 Å². The van der Waals surface area contributed by atoms with Crippen molar-refractivity contribution < 1.29 is 23.8 Å². The van der Waals surface area contributed by atoms with E-state index in [0.717, 1.165) is 6.42 Å². The number of carbonyl (C=O) groups is 2. The minimum absolute atomic E-state index is 0.0125. The van der Waals surface area contributed by atoms with Gasteiger partial charge in [0.2, 0.25) is 0 Å². The summed E-state index contributed by atoms with van der Waals surface area (Å²) in [6.07, 6.45) is 6.66. The number of aliphatic hydroxyl groups is 1. The van der Waals surface area contributed by atoms with Gasteiger partial charge in [-0.3, -0.25) is 9.59 Å². The van der Waals surface area contributed by atoms with Crippen molar-refractivity contribution in [1.82, 2.24) is 14.5 Å². The van der Waals surface area contributed by atoms with E-state index in [2.05, 4.69) is 4.98 Å². The number of likely N-dealkylation sites (tertiary alicyclic amines) is 1. The molecule has 3 aromatic rings. The van der Waals surface area contributed by atoms with Crippen molar-refractivity contribution in [2.45, 2.75) is 32.4 Å². The van der Waals surface area contributed by atoms with Crippen LogP contribution in [0.2, 0.25) is 0 Å². The van der Waals surface area contributed by atoms with Crippen LogP contribution in [0, 0.1) is 5.82 Å². The molecule has 7 nitrogen and oxygen atoms in total. The summed E-state index contributed by atoms with van der Waals surface area (Å²) in [4.78, 5) is 31.6. The molecule has 0 spiro atoms. The molecule has 4 rings (SSSR count). The zero-order chi connectivity index (χ0) is 24.1. The fraction of sp³-hybridized carbons (Fsp3) is 0.269. The third kappa shape index (κ3) is 4.85. The Bertz CT molecular complexity index is 1170. The smallest absolute Gasteiger partial charge is 0.295 e. The molecule has 1 aliphatic heterocycles.